The van der Waals surface area contributed by atoms with E-state index < -0.39 is 5.97 Å². The number of thiazole rings is 1. The summed E-state index contributed by atoms with van der Waals surface area (Å²) in [5.74, 6) is -0.0379. The summed E-state index contributed by atoms with van der Waals surface area (Å²) in [6, 6.07) is 3.26. The maximum Gasteiger partial charge on any atom is 0.347 e. The number of halogens is 1. The molecule has 0 aliphatic rings. The highest BCUT2D eigenvalue weighted by atomic mass is 35.5. The van der Waals surface area contributed by atoms with E-state index >= 15 is 0 Å². The molecule has 0 aliphatic carbocycles. The highest BCUT2D eigenvalue weighted by Crippen LogP contribution is 2.37. The fourth-order valence-electron chi connectivity index (χ4n) is 1.50. The topological polar surface area (TPSA) is 80.7 Å². The third-order valence-electron chi connectivity index (χ3n) is 2.43. The summed E-state index contributed by atoms with van der Waals surface area (Å²) >= 11 is 7.03. The summed E-state index contributed by atoms with van der Waals surface area (Å²) in [4.78, 5) is 14.9. The molecule has 6 nitrogen and oxygen atoms in total. The lowest BCUT2D eigenvalue weighted by atomic mass is 10.2. The minimum Gasteiger partial charge on any atom is -0.495 e. The van der Waals surface area contributed by atoms with Crippen LogP contribution in [0.3, 0.4) is 0 Å². The van der Waals surface area contributed by atoms with Crippen molar-refractivity contribution in [1.82, 2.24) is 4.98 Å². The summed E-state index contributed by atoms with van der Waals surface area (Å²) in [6.07, 6.45) is 1.29. The molecule has 0 atom stereocenters. The number of aromatic carboxylic acids is 1. The summed E-state index contributed by atoms with van der Waals surface area (Å²) in [7, 11) is 3.01. The van der Waals surface area contributed by atoms with Crippen LogP contribution in [-0.4, -0.2) is 30.3 Å². The standard InChI is InChI=1S/C12H11ClN2O4S/c1-18-8-4-7(9(19-2)3-6(8)13)15-12-14-5-10(20-12)11(16)17/h3-5H,1-2H3,(H,14,15)(H,16,17). The van der Waals surface area contributed by atoms with Crippen LogP contribution in [0.2, 0.25) is 5.02 Å². The van der Waals surface area contributed by atoms with E-state index in [1.165, 1.54) is 20.4 Å². The third kappa shape index (κ3) is 2.94. The van der Waals surface area contributed by atoms with E-state index in [4.69, 9.17) is 26.2 Å². The Morgan fingerprint density at radius 1 is 1.35 bits per heavy atom. The Bertz CT molecular complexity index is 644. The van der Waals surface area contributed by atoms with E-state index in [0.717, 1.165) is 11.3 Å². The Labute approximate surface area is 123 Å². The lowest BCUT2D eigenvalue weighted by molar-refractivity contribution is 0.0702. The number of rotatable bonds is 5. The Balaban J connectivity index is 2.33. The molecule has 1 aromatic carbocycles. The van der Waals surface area contributed by atoms with Crippen LogP contribution in [0.25, 0.3) is 0 Å². The van der Waals surface area contributed by atoms with E-state index in [1.54, 1.807) is 12.1 Å². The Morgan fingerprint density at radius 2 is 2.05 bits per heavy atom. The summed E-state index contributed by atoms with van der Waals surface area (Å²) < 4.78 is 10.3. The molecule has 20 heavy (non-hydrogen) atoms. The first-order valence-corrected chi connectivity index (χ1v) is 6.62. The summed E-state index contributed by atoms with van der Waals surface area (Å²) in [5.41, 5.74) is 0.583. The Kier molecular flexibility index (Phi) is 4.31. The average Bonchev–Trinajstić information content (AvgIpc) is 2.89. The van der Waals surface area contributed by atoms with Crippen molar-refractivity contribution in [3.05, 3.63) is 28.2 Å². The van der Waals surface area contributed by atoms with Gasteiger partial charge in [-0.1, -0.05) is 22.9 Å². The van der Waals surface area contributed by atoms with Gasteiger partial charge in [-0.15, -0.1) is 0 Å². The SMILES string of the molecule is COc1cc(Nc2ncc(C(=O)O)s2)c(OC)cc1Cl. The predicted octanol–water partition coefficient (Wildman–Crippen LogP) is 3.26. The van der Waals surface area contributed by atoms with E-state index in [2.05, 4.69) is 10.3 Å². The van der Waals surface area contributed by atoms with Crippen molar-refractivity contribution in [1.29, 1.82) is 0 Å². The van der Waals surface area contributed by atoms with Gasteiger partial charge in [-0.05, 0) is 0 Å². The molecule has 0 fully saturated rings. The number of methoxy groups -OCH3 is 2. The number of carboxylic acids is 1. The molecule has 2 N–H and O–H groups in total. The van der Waals surface area contributed by atoms with Crippen molar-refractivity contribution >= 4 is 39.7 Å². The molecule has 0 saturated carbocycles. The maximum absolute atomic E-state index is 10.8. The second-order valence-corrected chi connectivity index (χ2v) is 5.08. The van der Waals surface area contributed by atoms with Gasteiger partial charge >= 0.3 is 5.97 Å². The molecule has 0 bridgehead atoms. The number of carboxylic acid groups (broad SMARTS) is 1. The molecule has 0 amide bonds. The van der Waals surface area contributed by atoms with Gasteiger partial charge < -0.3 is 19.9 Å². The van der Waals surface area contributed by atoms with Gasteiger partial charge in [0.1, 0.15) is 16.4 Å². The first kappa shape index (κ1) is 14.4. The first-order chi connectivity index (χ1) is 9.55. The quantitative estimate of drug-likeness (QED) is 0.881. The zero-order chi connectivity index (χ0) is 14.7. The fourth-order valence-corrected chi connectivity index (χ4v) is 2.40. The second kappa shape index (κ2) is 5.98. The summed E-state index contributed by atoms with van der Waals surface area (Å²) in [5, 5.41) is 12.7. The smallest absolute Gasteiger partial charge is 0.347 e. The van der Waals surface area contributed by atoms with Crippen LogP contribution in [0.5, 0.6) is 11.5 Å². The molecule has 2 aromatic rings. The number of hydrogen-bond donors (Lipinski definition) is 2. The molecule has 0 radical (unpaired) electrons. The first-order valence-electron chi connectivity index (χ1n) is 5.42. The molecule has 1 heterocycles. The molecule has 1 aromatic heterocycles. The van der Waals surface area contributed by atoms with Gasteiger partial charge in [0.05, 0.1) is 31.1 Å². The lowest BCUT2D eigenvalue weighted by Crippen LogP contribution is -1.96. The van der Waals surface area contributed by atoms with Crippen molar-refractivity contribution in [2.75, 3.05) is 19.5 Å². The summed E-state index contributed by atoms with van der Waals surface area (Å²) in [6.45, 7) is 0. The van der Waals surface area contributed by atoms with Crippen molar-refractivity contribution in [2.45, 2.75) is 0 Å². The van der Waals surface area contributed by atoms with Crippen LogP contribution < -0.4 is 14.8 Å². The lowest BCUT2D eigenvalue weighted by Gasteiger charge is -2.12. The molecular weight excluding hydrogens is 304 g/mol. The third-order valence-corrected chi connectivity index (χ3v) is 3.63. The predicted molar refractivity (Wildman–Crippen MR) is 76.9 cm³/mol. The average molecular weight is 315 g/mol. The van der Waals surface area contributed by atoms with Gasteiger partial charge in [0.25, 0.3) is 0 Å². The van der Waals surface area contributed by atoms with Crippen LogP contribution in [0.15, 0.2) is 18.3 Å². The van der Waals surface area contributed by atoms with Gasteiger partial charge in [0.15, 0.2) is 5.13 Å². The maximum atomic E-state index is 10.8. The van der Waals surface area contributed by atoms with Crippen molar-refractivity contribution in [3.8, 4) is 11.5 Å². The van der Waals surface area contributed by atoms with Gasteiger partial charge in [0.2, 0.25) is 0 Å². The fraction of sp³-hybridized carbons (Fsp3) is 0.167. The van der Waals surface area contributed by atoms with E-state index in [0.29, 0.717) is 27.3 Å². The molecule has 2 rings (SSSR count). The number of ether oxygens (including phenoxy) is 2. The second-order valence-electron chi connectivity index (χ2n) is 3.65. The molecule has 0 unspecified atom stereocenters. The molecular formula is C12H11ClN2O4S. The van der Waals surface area contributed by atoms with Crippen molar-refractivity contribution in [2.24, 2.45) is 0 Å². The van der Waals surface area contributed by atoms with Crippen LogP contribution in [0.4, 0.5) is 10.8 Å². The van der Waals surface area contributed by atoms with Crippen molar-refractivity contribution < 1.29 is 19.4 Å². The van der Waals surface area contributed by atoms with Crippen LogP contribution >= 0.6 is 22.9 Å². The van der Waals surface area contributed by atoms with Gasteiger partial charge in [0, 0.05) is 12.1 Å². The largest absolute Gasteiger partial charge is 0.495 e. The number of anilines is 2. The minimum atomic E-state index is -1.02. The Hall–Kier alpha value is -1.99. The minimum absolute atomic E-state index is 0.146. The number of hydrogen-bond acceptors (Lipinski definition) is 6. The number of benzene rings is 1. The van der Waals surface area contributed by atoms with E-state index in [-0.39, 0.29) is 4.88 Å². The number of nitrogens with zero attached hydrogens (tertiary/aromatic N) is 1. The Morgan fingerprint density at radius 3 is 2.60 bits per heavy atom. The highest BCUT2D eigenvalue weighted by Gasteiger charge is 2.13. The van der Waals surface area contributed by atoms with Crippen LogP contribution in [-0.2, 0) is 0 Å². The van der Waals surface area contributed by atoms with E-state index in [9.17, 15) is 4.79 Å². The molecule has 8 heteroatoms. The van der Waals surface area contributed by atoms with Crippen molar-refractivity contribution in [3.63, 3.8) is 0 Å². The molecule has 0 aliphatic heterocycles. The highest BCUT2D eigenvalue weighted by molar-refractivity contribution is 7.17. The van der Waals surface area contributed by atoms with Crippen LogP contribution in [0, 0.1) is 0 Å². The number of carbonyl (C=O) groups is 1. The van der Waals surface area contributed by atoms with Gasteiger partial charge in [-0.3, -0.25) is 0 Å². The van der Waals surface area contributed by atoms with Crippen LogP contribution in [0.1, 0.15) is 9.67 Å². The van der Waals surface area contributed by atoms with Gasteiger partial charge in [-0.2, -0.15) is 0 Å². The number of aromatic nitrogens is 1. The zero-order valence-corrected chi connectivity index (χ0v) is 12.2. The van der Waals surface area contributed by atoms with Gasteiger partial charge in [-0.25, -0.2) is 9.78 Å². The number of nitrogens with one attached hydrogen (secondary N) is 1. The molecule has 0 saturated heterocycles. The normalized spacial score (nSPS) is 10.2. The monoisotopic (exact) mass is 314 g/mol. The van der Waals surface area contributed by atoms with E-state index in [1.807, 2.05) is 0 Å². The molecule has 106 valence electrons. The zero-order valence-electron chi connectivity index (χ0n) is 10.6. The molecule has 0 spiro atoms.